The molecule has 45 heavy (non-hydrogen) atoms. The number of fused-ring (bicyclic) bond motifs is 1. The van der Waals surface area contributed by atoms with Crippen LogP contribution in [0.2, 0.25) is 0 Å². The zero-order chi connectivity index (χ0) is 31.9. The van der Waals surface area contributed by atoms with Crippen molar-refractivity contribution in [2.24, 2.45) is 5.73 Å². The fraction of sp³-hybridized carbons (Fsp3) is 0.294. The number of nitrogens with two attached hydrogens (primary N) is 1. The number of H-pyrrole nitrogens is 1. The molecule has 7 N–H and O–H groups in total. The highest BCUT2D eigenvalue weighted by molar-refractivity contribution is 5.95. The van der Waals surface area contributed by atoms with E-state index in [1.165, 1.54) is 17.0 Å². The van der Waals surface area contributed by atoms with Gasteiger partial charge in [0, 0.05) is 36.5 Å². The molecular formula is C34H37N5O6. The van der Waals surface area contributed by atoms with Gasteiger partial charge >= 0.3 is 5.97 Å². The lowest BCUT2D eigenvalue weighted by Gasteiger charge is -2.30. The van der Waals surface area contributed by atoms with Crippen LogP contribution < -0.4 is 16.4 Å². The van der Waals surface area contributed by atoms with Crippen LogP contribution in [0.15, 0.2) is 85.1 Å². The number of carbonyl (C=O) groups excluding carboxylic acids is 3. The summed E-state index contributed by atoms with van der Waals surface area (Å²) in [6, 6.07) is 19.0. The van der Waals surface area contributed by atoms with Crippen molar-refractivity contribution in [2.45, 2.75) is 56.3 Å². The number of benzene rings is 3. The molecular weight excluding hydrogens is 574 g/mol. The maximum atomic E-state index is 14.1. The third kappa shape index (κ3) is 7.68. The average Bonchev–Trinajstić information content (AvgIpc) is 3.69. The normalized spacial score (nSPS) is 16.6. The van der Waals surface area contributed by atoms with Crippen molar-refractivity contribution in [3.63, 3.8) is 0 Å². The molecule has 0 bridgehead atoms. The van der Waals surface area contributed by atoms with E-state index in [-0.39, 0.29) is 31.6 Å². The highest BCUT2D eigenvalue weighted by Crippen LogP contribution is 2.23. The third-order valence-electron chi connectivity index (χ3n) is 8.18. The fourth-order valence-corrected chi connectivity index (χ4v) is 5.80. The zero-order valence-corrected chi connectivity index (χ0v) is 24.7. The number of phenols is 1. The van der Waals surface area contributed by atoms with Gasteiger partial charge in [0.25, 0.3) is 0 Å². The molecule has 1 aliphatic rings. The van der Waals surface area contributed by atoms with Crippen LogP contribution >= 0.6 is 0 Å². The molecule has 3 aromatic carbocycles. The van der Waals surface area contributed by atoms with Gasteiger partial charge in [-0.25, -0.2) is 4.79 Å². The van der Waals surface area contributed by atoms with E-state index in [4.69, 9.17) is 5.73 Å². The van der Waals surface area contributed by atoms with Crippen molar-refractivity contribution in [1.82, 2.24) is 20.5 Å². The number of phenolic OH excluding ortho intramolecular Hbond substituents is 1. The summed E-state index contributed by atoms with van der Waals surface area (Å²) in [6.07, 6.45) is 3.14. The first-order chi connectivity index (χ1) is 21.7. The van der Waals surface area contributed by atoms with E-state index in [1.807, 2.05) is 54.6 Å². The summed E-state index contributed by atoms with van der Waals surface area (Å²) in [6.45, 7) is 0.281. The largest absolute Gasteiger partial charge is 0.508 e. The SMILES string of the molecule is NC(Cc1ccccc1)C(=O)NC(Cc1c[nH]c2ccccc12)C(=O)N1CCCC1C(=O)NC(Cc1ccc(O)cc1)C(=O)O. The second kappa shape index (κ2) is 14.1. The first-order valence-electron chi connectivity index (χ1n) is 15.0. The first kappa shape index (κ1) is 31.3. The van der Waals surface area contributed by atoms with E-state index < -0.39 is 47.9 Å². The topological polar surface area (TPSA) is 178 Å². The maximum absolute atomic E-state index is 14.1. The predicted octanol–water partition coefficient (Wildman–Crippen LogP) is 2.27. The van der Waals surface area contributed by atoms with Gasteiger partial charge in [0.05, 0.1) is 6.04 Å². The Morgan fingerprint density at radius 1 is 0.867 bits per heavy atom. The number of likely N-dealkylation sites (tertiary alicyclic amines) is 1. The summed E-state index contributed by atoms with van der Waals surface area (Å²) in [5.74, 6) is -2.68. The molecule has 1 saturated heterocycles. The van der Waals surface area contributed by atoms with Gasteiger partial charge < -0.3 is 36.5 Å². The Balaban J connectivity index is 1.33. The summed E-state index contributed by atoms with van der Waals surface area (Å²) in [7, 11) is 0. The molecule has 0 saturated carbocycles. The number of hydrogen-bond donors (Lipinski definition) is 6. The zero-order valence-electron chi connectivity index (χ0n) is 24.7. The van der Waals surface area contributed by atoms with Crippen LogP contribution in [0.4, 0.5) is 0 Å². The number of aromatic nitrogens is 1. The van der Waals surface area contributed by atoms with E-state index in [0.29, 0.717) is 18.4 Å². The number of aliphatic carboxylic acids is 1. The quantitative estimate of drug-likeness (QED) is 0.142. The lowest BCUT2D eigenvalue weighted by molar-refractivity contribution is -0.144. The Hall–Kier alpha value is -5.16. The summed E-state index contributed by atoms with van der Waals surface area (Å²) < 4.78 is 0. The first-order valence-corrected chi connectivity index (χ1v) is 15.0. The van der Waals surface area contributed by atoms with Gasteiger partial charge in [0.15, 0.2) is 0 Å². The Morgan fingerprint density at radius 2 is 1.56 bits per heavy atom. The number of hydrogen-bond acceptors (Lipinski definition) is 6. The van der Waals surface area contributed by atoms with Crippen LogP contribution in [-0.2, 0) is 38.4 Å². The van der Waals surface area contributed by atoms with Gasteiger partial charge in [0.1, 0.15) is 23.9 Å². The standard InChI is InChI=1S/C34H37N5O6/c35-26(17-21-7-2-1-3-8-21)31(41)37-28(19-23-20-36-27-10-5-4-9-25(23)27)33(43)39-16-6-11-30(39)32(42)38-29(34(44)45)18-22-12-14-24(40)15-13-22/h1-5,7-10,12-15,20,26,28-30,36,40H,6,11,16-19,35H2,(H,37,41)(H,38,42)(H,44,45). The van der Waals surface area contributed by atoms with Crippen molar-refractivity contribution in [1.29, 1.82) is 0 Å². The van der Waals surface area contributed by atoms with Crippen molar-refractivity contribution in [3.05, 3.63) is 102 Å². The van der Waals surface area contributed by atoms with Crippen molar-refractivity contribution in [2.75, 3.05) is 6.54 Å². The highest BCUT2D eigenvalue weighted by Gasteiger charge is 2.39. The molecule has 0 radical (unpaired) electrons. The van der Waals surface area contributed by atoms with Crippen LogP contribution in [-0.4, -0.2) is 74.5 Å². The van der Waals surface area contributed by atoms with Crippen LogP contribution in [0.1, 0.15) is 29.5 Å². The summed E-state index contributed by atoms with van der Waals surface area (Å²) in [4.78, 5) is 57.6. The number of rotatable bonds is 12. The number of aromatic amines is 1. The molecule has 4 unspecified atom stereocenters. The second-order valence-corrected chi connectivity index (χ2v) is 11.4. The number of nitrogens with one attached hydrogen (secondary N) is 3. The molecule has 0 spiro atoms. The second-order valence-electron chi connectivity index (χ2n) is 11.4. The van der Waals surface area contributed by atoms with Gasteiger partial charge in [-0.05, 0) is 54.2 Å². The maximum Gasteiger partial charge on any atom is 0.326 e. The molecule has 3 amide bonds. The molecule has 11 heteroatoms. The van der Waals surface area contributed by atoms with Gasteiger partial charge in [-0.3, -0.25) is 14.4 Å². The van der Waals surface area contributed by atoms with Crippen molar-refractivity contribution < 1.29 is 29.4 Å². The van der Waals surface area contributed by atoms with E-state index in [1.54, 1.807) is 18.3 Å². The number of para-hydroxylation sites is 1. The molecule has 0 aliphatic carbocycles. The summed E-state index contributed by atoms with van der Waals surface area (Å²) in [5, 5.41) is 25.7. The summed E-state index contributed by atoms with van der Waals surface area (Å²) in [5.41, 5.74) is 9.48. The number of aromatic hydroxyl groups is 1. The lowest BCUT2D eigenvalue weighted by atomic mass is 10.0. The van der Waals surface area contributed by atoms with Gasteiger partial charge in [-0.2, -0.15) is 0 Å². The van der Waals surface area contributed by atoms with Crippen molar-refractivity contribution >= 4 is 34.6 Å². The predicted molar refractivity (Wildman–Crippen MR) is 168 cm³/mol. The molecule has 11 nitrogen and oxygen atoms in total. The number of carboxylic acids is 1. The Kier molecular flexibility index (Phi) is 9.79. The summed E-state index contributed by atoms with van der Waals surface area (Å²) >= 11 is 0. The number of carbonyl (C=O) groups is 4. The van der Waals surface area contributed by atoms with Crippen molar-refractivity contribution in [3.8, 4) is 5.75 Å². The molecule has 5 rings (SSSR count). The van der Waals surface area contributed by atoms with E-state index in [0.717, 1.165) is 22.0 Å². The van der Waals surface area contributed by atoms with Gasteiger partial charge in [-0.1, -0.05) is 60.7 Å². The highest BCUT2D eigenvalue weighted by atomic mass is 16.4. The van der Waals surface area contributed by atoms with E-state index in [2.05, 4.69) is 15.6 Å². The van der Waals surface area contributed by atoms with Gasteiger partial charge in [-0.15, -0.1) is 0 Å². The smallest absolute Gasteiger partial charge is 0.326 e. The molecule has 4 atom stereocenters. The monoisotopic (exact) mass is 611 g/mol. The Labute approximate surface area is 260 Å². The van der Waals surface area contributed by atoms with Crippen LogP contribution in [0.5, 0.6) is 5.75 Å². The number of carboxylic acid groups (broad SMARTS) is 1. The van der Waals surface area contributed by atoms with Gasteiger partial charge in [0.2, 0.25) is 17.7 Å². The molecule has 1 aromatic heterocycles. The number of nitrogens with zero attached hydrogens (tertiary/aromatic N) is 1. The third-order valence-corrected chi connectivity index (χ3v) is 8.18. The minimum absolute atomic E-state index is 0.000564. The number of amides is 3. The Bertz CT molecular complexity index is 1650. The molecule has 4 aromatic rings. The molecule has 1 fully saturated rings. The van der Waals surface area contributed by atoms with E-state index >= 15 is 0 Å². The van der Waals surface area contributed by atoms with Crippen LogP contribution in [0, 0.1) is 0 Å². The fourth-order valence-electron chi connectivity index (χ4n) is 5.80. The average molecular weight is 612 g/mol. The Morgan fingerprint density at radius 3 is 2.29 bits per heavy atom. The lowest BCUT2D eigenvalue weighted by Crippen LogP contribution is -2.57. The minimum atomic E-state index is -1.24. The van der Waals surface area contributed by atoms with Crippen LogP contribution in [0.25, 0.3) is 10.9 Å². The molecule has 1 aliphatic heterocycles. The molecule has 234 valence electrons. The molecule has 2 heterocycles. The minimum Gasteiger partial charge on any atom is -0.508 e. The van der Waals surface area contributed by atoms with Crippen LogP contribution in [0.3, 0.4) is 0 Å². The van der Waals surface area contributed by atoms with E-state index in [9.17, 15) is 29.4 Å².